The zero-order valence-electron chi connectivity index (χ0n) is 19.5. The van der Waals surface area contributed by atoms with Crippen LogP contribution in [-0.4, -0.2) is 28.6 Å². The molecule has 3 amide bonds. The predicted octanol–water partition coefficient (Wildman–Crippen LogP) is 6.86. The fraction of sp³-hybridized carbons (Fsp3) is 0.148. The lowest BCUT2D eigenvalue weighted by Crippen LogP contribution is -2.27. The van der Waals surface area contributed by atoms with E-state index in [2.05, 4.69) is 5.32 Å². The van der Waals surface area contributed by atoms with Gasteiger partial charge in [-0.05, 0) is 78.7 Å². The Bertz CT molecular complexity index is 1370. The first-order valence-corrected chi connectivity index (χ1v) is 12.6. The number of aryl methyl sites for hydroxylation is 2. The van der Waals surface area contributed by atoms with Crippen molar-refractivity contribution in [2.24, 2.45) is 0 Å². The highest BCUT2D eigenvalue weighted by molar-refractivity contribution is 8.18. The van der Waals surface area contributed by atoms with E-state index >= 15 is 0 Å². The highest BCUT2D eigenvalue weighted by Gasteiger charge is 2.35. The quantitative estimate of drug-likeness (QED) is 0.331. The Balaban J connectivity index is 1.34. The lowest BCUT2D eigenvalue weighted by Gasteiger charge is -2.13. The summed E-state index contributed by atoms with van der Waals surface area (Å²) in [5.41, 5.74) is 4.28. The summed E-state index contributed by atoms with van der Waals surface area (Å²) >= 11 is 12.9. The van der Waals surface area contributed by atoms with E-state index in [1.165, 1.54) is 4.90 Å². The summed E-state index contributed by atoms with van der Waals surface area (Å²) in [6, 6.07) is 17.7. The first kappa shape index (κ1) is 25.8. The molecule has 0 aliphatic carbocycles. The number of hydrogen-bond acceptors (Lipinski definition) is 5. The van der Waals surface area contributed by atoms with Crippen molar-refractivity contribution in [3.8, 4) is 5.75 Å². The summed E-state index contributed by atoms with van der Waals surface area (Å²) in [7, 11) is 0. The highest BCUT2D eigenvalue weighted by atomic mass is 35.5. The number of hydrogen-bond donors (Lipinski definition) is 1. The molecule has 184 valence electrons. The van der Waals surface area contributed by atoms with Crippen molar-refractivity contribution in [2.75, 3.05) is 11.9 Å². The van der Waals surface area contributed by atoms with Gasteiger partial charge in [0, 0.05) is 5.69 Å². The Hall–Kier alpha value is -3.26. The van der Waals surface area contributed by atoms with Gasteiger partial charge >= 0.3 is 0 Å². The Morgan fingerprint density at radius 3 is 2.44 bits per heavy atom. The third kappa shape index (κ3) is 6.29. The molecule has 0 radical (unpaired) electrons. The maximum Gasteiger partial charge on any atom is 0.293 e. The molecule has 36 heavy (non-hydrogen) atoms. The van der Waals surface area contributed by atoms with Gasteiger partial charge in [-0.15, -0.1) is 0 Å². The fourth-order valence-electron chi connectivity index (χ4n) is 3.56. The normalized spacial score (nSPS) is 14.4. The van der Waals surface area contributed by atoms with Gasteiger partial charge in [-0.3, -0.25) is 19.3 Å². The second-order valence-electron chi connectivity index (χ2n) is 8.24. The molecule has 1 aliphatic rings. The minimum atomic E-state index is -0.375. The number of thioether (sulfide) groups is 1. The zero-order chi connectivity index (χ0) is 25.8. The van der Waals surface area contributed by atoms with Crippen molar-refractivity contribution >= 4 is 63.8 Å². The van der Waals surface area contributed by atoms with Crippen LogP contribution in [0.1, 0.15) is 22.3 Å². The van der Waals surface area contributed by atoms with Gasteiger partial charge in [0.2, 0.25) is 0 Å². The zero-order valence-corrected chi connectivity index (χ0v) is 21.8. The van der Waals surface area contributed by atoms with Crippen molar-refractivity contribution in [1.82, 2.24) is 4.90 Å². The van der Waals surface area contributed by atoms with Crippen LogP contribution < -0.4 is 10.1 Å². The molecule has 1 fully saturated rings. The number of carbonyl (C=O) groups is 3. The SMILES string of the molecule is Cc1ccc(NC(=O)COc2ccc(/C=C3\SC(=O)N(Cc4ccc(Cl)c(Cl)c4)C3=O)cc2)c(C)c1. The maximum atomic E-state index is 12.8. The number of amides is 3. The molecule has 0 aromatic heterocycles. The van der Waals surface area contributed by atoms with E-state index in [4.69, 9.17) is 27.9 Å². The summed E-state index contributed by atoms with van der Waals surface area (Å²) in [4.78, 5) is 39.0. The molecule has 1 aliphatic heterocycles. The number of ether oxygens (including phenoxy) is 1. The average Bonchev–Trinajstić information content (AvgIpc) is 3.10. The third-order valence-corrected chi connectivity index (χ3v) is 7.05. The predicted molar refractivity (Wildman–Crippen MR) is 144 cm³/mol. The van der Waals surface area contributed by atoms with Crippen LogP contribution in [0, 0.1) is 13.8 Å². The number of carbonyl (C=O) groups excluding carboxylic acids is 3. The fourth-order valence-corrected chi connectivity index (χ4v) is 4.72. The number of halogens is 2. The molecule has 0 saturated carbocycles. The molecule has 3 aromatic rings. The number of anilines is 1. The maximum absolute atomic E-state index is 12.8. The Morgan fingerprint density at radius 1 is 1.00 bits per heavy atom. The van der Waals surface area contributed by atoms with Crippen LogP contribution in [0.25, 0.3) is 6.08 Å². The summed E-state index contributed by atoms with van der Waals surface area (Å²) < 4.78 is 5.58. The van der Waals surface area contributed by atoms with E-state index in [1.54, 1.807) is 48.5 Å². The molecule has 0 spiro atoms. The largest absolute Gasteiger partial charge is 0.484 e. The van der Waals surface area contributed by atoms with Crippen LogP contribution in [0.4, 0.5) is 10.5 Å². The number of nitrogens with zero attached hydrogens (tertiary/aromatic N) is 1. The highest BCUT2D eigenvalue weighted by Crippen LogP contribution is 2.34. The smallest absolute Gasteiger partial charge is 0.293 e. The van der Waals surface area contributed by atoms with Crippen molar-refractivity contribution in [1.29, 1.82) is 0 Å². The van der Waals surface area contributed by atoms with Crippen LogP contribution >= 0.6 is 35.0 Å². The molecule has 9 heteroatoms. The molecule has 0 bridgehead atoms. The van der Waals surface area contributed by atoms with Crippen LogP contribution in [0.5, 0.6) is 5.75 Å². The Kier molecular flexibility index (Phi) is 8.04. The standard InChI is InChI=1S/C27H22Cl2N2O4S/c1-16-3-10-23(17(2)11-16)30-25(32)15-35-20-7-4-18(5-8-20)13-24-26(33)31(27(34)36-24)14-19-6-9-21(28)22(29)12-19/h3-13H,14-15H2,1-2H3,(H,30,32)/b24-13-. The summed E-state index contributed by atoms with van der Waals surface area (Å²) in [5, 5.41) is 3.25. The molecule has 1 N–H and O–H groups in total. The molecular weight excluding hydrogens is 519 g/mol. The van der Waals surface area contributed by atoms with Crippen LogP contribution in [0.15, 0.2) is 65.6 Å². The van der Waals surface area contributed by atoms with Gasteiger partial charge in [0.15, 0.2) is 6.61 Å². The topological polar surface area (TPSA) is 75.7 Å². The van der Waals surface area contributed by atoms with Gasteiger partial charge in [0.25, 0.3) is 17.1 Å². The van der Waals surface area contributed by atoms with Gasteiger partial charge in [-0.2, -0.15) is 0 Å². The number of rotatable bonds is 7. The molecule has 1 saturated heterocycles. The minimum absolute atomic E-state index is 0.107. The first-order chi connectivity index (χ1) is 17.2. The first-order valence-electron chi connectivity index (χ1n) is 11.0. The lowest BCUT2D eigenvalue weighted by atomic mass is 10.1. The average molecular weight is 541 g/mol. The summed E-state index contributed by atoms with van der Waals surface area (Å²) in [6.07, 6.45) is 1.65. The van der Waals surface area contributed by atoms with Gasteiger partial charge in [-0.1, -0.05) is 59.1 Å². The molecule has 3 aromatic carbocycles. The molecule has 1 heterocycles. The Labute approximate surface area is 223 Å². The van der Waals surface area contributed by atoms with Crippen molar-refractivity contribution in [3.05, 3.63) is 97.9 Å². The number of imide groups is 1. The summed E-state index contributed by atoms with van der Waals surface area (Å²) in [6.45, 7) is 3.90. The number of benzene rings is 3. The van der Waals surface area contributed by atoms with Crippen LogP contribution in [0.2, 0.25) is 10.0 Å². The molecule has 0 unspecified atom stereocenters. The monoisotopic (exact) mass is 540 g/mol. The van der Waals surface area contributed by atoms with Gasteiger partial charge < -0.3 is 10.1 Å². The van der Waals surface area contributed by atoms with Crippen molar-refractivity contribution in [3.63, 3.8) is 0 Å². The number of nitrogens with one attached hydrogen (secondary N) is 1. The molecule has 4 rings (SSSR count). The second-order valence-corrected chi connectivity index (χ2v) is 10.0. The molecule has 0 atom stereocenters. The van der Waals surface area contributed by atoms with Crippen molar-refractivity contribution < 1.29 is 19.1 Å². The summed E-state index contributed by atoms with van der Waals surface area (Å²) in [5.74, 6) is -0.128. The Morgan fingerprint density at radius 2 is 1.75 bits per heavy atom. The minimum Gasteiger partial charge on any atom is -0.484 e. The molecular formula is C27H22Cl2N2O4S. The third-order valence-electron chi connectivity index (χ3n) is 5.40. The second kappa shape index (κ2) is 11.2. The lowest BCUT2D eigenvalue weighted by molar-refractivity contribution is -0.123. The van der Waals surface area contributed by atoms with Gasteiger partial charge in [0.05, 0.1) is 21.5 Å². The molecule has 6 nitrogen and oxygen atoms in total. The van der Waals surface area contributed by atoms with E-state index < -0.39 is 0 Å². The van der Waals surface area contributed by atoms with E-state index in [0.29, 0.717) is 26.3 Å². The van der Waals surface area contributed by atoms with E-state index in [-0.39, 0.29) is 30.2 Å². The van der Waals surface area contributed by atoms with E-state index in [9.17, 15) is 14.4 Å². The van der Waals surface area contributed by atoms with Gasteiger partial charge in [0.1, 0.15) is 5.75 Å². The van der Waals surface area contributed by atoms with E-state index in [0.717, 1.165) is 34.1 Å². The van der Waals surface area contributed by atoms with Crippen LogP contribution in [0.3, 0.4) is 0 Å². The van der Waals surface area contributed by atoms with Gasteiger partial charge in [-0.25, -0.2) is 0 Å². The van der Waals surface area contributed by atoms with Crippen LogP contribution in [-0.2, 0) is 16.1 Å². The van der Waals surface area contributed by atoms with E-state index in [1.807, 2.05) is 32.0 Å². The van der Waals surface area contributed by atoms with Crippen molar-refractivity contribution in [2.45, 2.75) is 20.4 Å².